The largest absolute Gasteiger partial charge is 0.298 e. The fourth-order valence-corrected chi connectivity index (χ4v) is 5.47. The van der Waals surface area contributed by atoms with Crippen LogP contribution >= 0.6 is 34.8 Å². The van der Waals surface area contributed by atoms with E-state index < -0.39 is 10.0 Å². The van der Waals surface area contributed by atoms with Crippen molar-refractivity contribution >= 4 is 44.8 Å². The van der Waals surface area contributed by atoms with Crippen molar-refractivity contribution in [3.63, 3.8) is 0 Å². The van der Waals surface area contributed by atoms with Crippen LogP contribution < -0.4 is 0 Å². The van der Waals surface area contributed by atoms with Crippen molar-refractivity contribution < 1.29 is 8.42 Å². The van der Waals surface area contributed by atoms with E-state index in [4.69, 9.17) is 34.8 Å². The maximum absolute atomic E-state index is 12.8. The second-order valence-electron chi connectivity index (χ2n) is 5.39. The minimum Gasteiger partial charge on any atom is -0.298 e. The van der Waals surface area contributed by atoms with E-state index in [0.29, 0.717) is 19.1 Å². The normalized spacial score (nSPS) is 24.2. The first-order chi connectivity index (χ1) is 9.89. The first-order valence-electron chi connectivity index (χ1n) is 6.78. The molecule has 2 aliphatic heterocycles. The summed E-state index contributed by atoms with van der Waals surface area (Å²) in [7, 11) is -3.64. The average molecular weight is 370 g/mol. The third kappa shape index (κ3) is 2.92. The number of rotatable bonds is 2. The molecule has 0 bridgehead atoms. The molecule has 0 aliphatic carbocycles. The Morgan fingerprint density at radius 1 is 1.00 bits per heavy atom. The van der Waals surface area contributed by atoms with Gasteiger partial charge in [-0.3, -0.25) is 4.90 Å². The molecule has 0 N–H and O–H groups in total. The van der Waals surface area contributed by atoms with Gasteiger partial charge < -0.3 is 0 Å². The summed E-state index contributed by atoms with van der Waals surface area (Å²) in [5.74, 6) is 0. The number of hydrogen-bond acceptors (Lipinski definition) is 3. The van der Waals surface area contributed by atoms with Crippen molar-refractivity contribution in [2.45, 2.75) is 23.8 Å². The van der Waals surface area contributed by atoms with Gasteiger partial charge in [-0.1, -0.05) is 34.8 Å². The number of hydrogen-bond donors (Lipinski definition) is 0. The molecule has 116 valence electrons. The Labute approximate surface area is 139 Å². The van der Waals surface area contributed by atoms with Gasteiger partial charge in [-0.05, 0) is 31.5 Å². The molecular weight excluding hydrogens is 355 g/mol. The minimum atomic E-state index is -3.64. The number of nitrogens with zero attached hydrogens (tertiary/aromatic N) is 2. The van der Waals surface area contributed by atoms with E-state index in [-0.39, 0.29) is 20.0 Å². The van der Waals surface area contributed by atoms with E-state index in [2.05, 4.69) is 4.90 Å². The van der Waals surface area contributed by atoms with E-state index in [1.54, 1.807) is 0 Å². The highest BCUT2D eigenvalue weighted by Gasteiger charge is 2.37. The van der Waals surface area contributed by atoms with Crippen LogP contribution in [-0.2, 0) is 10.0 Å². The summed E-state index contributed by atoms with van der Waals surface area (Å²) < 4.78 is 27.1. The summed E-state index contributed by atoms with van der Waals surface area (Å²) in [5, 5.41) is 0.554. The van der Waals surface area contributed by atoms with Crippen LogP contribution in [0.5, 0.6) is 0 Å². The topological polar surface area (TPSA) is 40.6 Å². The Bertz CT molecular complexity index is 666. The summed E-state index contributed by atoms with van der Waals surface area (Å²) in [4.78, 5) is 2.38. The lowest BCUT2D eigenvalue weighted by Gasteiger charge is -2.36. The zero-order valence-electron chi connectivity index (χ0n) is 11.2. The molecule has 0 unspecified atom stereocenters. The van der Waals surface area contributed by atoms with E-state index in [1.807, 2.05) is 0 Å². The van der Waals surface area contributed by atoms with Crippen molar-refractivity contribution in [1.29, 1.82) is 0 Å². The third-order valence-corrected chi connectivity index (χ3v) is 7.19. The molecule has 0 spiro atoms. The number of sulfonamides is 1. The predicted molar refractivity (Wildman–Crippen MR) is 84.8 cm³/mol. The summed E-state index contributed by atoms with van der Waals surface area (Å²) in [6, 6.07) is 3.03. The Morgan fingerprint density at radius 3 is 2.48 bits per heavy atom. The molecular formula is C13H15Cl3N2O2S. The molecule has 2 aliphatic rings. The fraction of sp³-hybridized carbons (Fsp3) is 0.538. The lowest BCUT2D eigenvalue weighted by atomic mass is 10.2. The SMILES string of the molecule is O=S(=O)(c1cc(Cl)c(Cl)cc1Cl)N1CCN2CCC[C@H]2C1. The van der Waals surface area contributed by atoms with Crippen molar-refractivity contribution in [2.75, 3.05) is 26.2 Å². The van der Waals surface area contributed by atoms with Crippen molar-refractivity contribution in [3.8, 4) is 0 Å². The predicted octanol–water partition coefficient (Wildman–Crippen LogP) is 3.12. The summed E-state index contributed by atoms with van der Waals surface area (Å²) in [6.07, 6.45) is 2.17. The molecule has 1 aromatic carbocycles. The first-order valence-corrected chi connectivity index (χ1v) is 9.36. The molecule has 0 radical (unpaired) electrons. The maximum Gasteiger partial charge on any atom is 0.244 e. The van der Waals surface area contributed by atoms with Crippen LogP contribution in [0, 0.1) is 0 Å². The third-order valence-electron chi connectivity index (χ3n) is 4.14. The van der Waals surface area contributed by atoms with E-state index in [0.717, 1.165) is 25.9 Å². The molecule has 0 amide bonds. The summed E-state index contributed by atoms with van der Waals surface area (Å²) >= 11 is 17.9. The standard InChI is InChI=1S/C13H15Cl3N2O2S/c14-10-6-12(16)13(7-11(10)15)21(19,20)18-5-4-17-3-1-2-9(17)8-18/h6-7,9H,1-5,8H2/t9-/m0/s1. The minimum absolute atomic E-state index is 0.0324. The molecule has 0 saturated carbocycles. The quantitative estimate of drug-likeness (QED) is 0.752. The van der Waals surface area contributed by atoms with Crippen molar-refractivity contribution in [2.24, 2.45) is 0 Å². The van der Waals surface area contributed by atoms with Gasteiger partial charge in [-0.25, -0.2) is 8.42 Å². The first kappa shape index (κ1) is 15.8. The Morgan fingerprint density at radius 2 is 1.71 bits per heavy atom. The van der Waals surface area contributed by atoms with Crippen LogP contribution in [0.2, 0.25) is 15.1 Å². The van der Waals surface area contributed by atoms with Gasteiger partial charge in [-0.15, -0.1) is 0 Å². The highest BCUT2D eigenvalue weighted by Crippen LogP contribution is 2.34. The Hall–Kier alpha value is -0.0400. The van der Waals surface area contributed by atoms with E-state index in [1.165, 1.54) is 16.4 Å². The van der Waals surface area contributed by atoms with Crippen LogP contribution in [0.25, 0.3) is 0 Å². The molecule has 21 heavy (non-hydrogen) atoms. The molecule has 0 aromatic heterocycles. The van der Waals surface area contributed by atoms with Crippen LogP contribution in [0.1, 0.15) is 12.8 Å². The zero-order chi connectivity index (χ0) is 15.2. The molecule has 1 atom stereocenters. The second-order valence-corrected chi connectivity index (χ2v) is 8.52. The Balaban J connectivity index is 1.92. The van der Waals surface area contributed by atoms with Crippen LogP contribution in [0.3, 0.4) is 0 Å². The molecule has 2 fully saturated rings. The maximum atomic E-state index is 12.8. The molecule has 2 heterocycles. The molecule has 4 nitrogen and oxygen atoms in total. The molecule has 8 heteroatoms. The van der Waals surface area contributed by atoms with Gasteiger partial charge in [0.05, 0.1) is 15.1 Å². The van der Waals surface area contributed by atoms with Gasteiger partial charge in [0.25, 0.3) is 0 Å². The smallest absolute Gasteiger partial charge is 0.244 e. The number of fused-ring (bicyclic) bond motifs is 1. The lowest BCUT2D eigenvalue weighted by molar-refractivity contribution is 0.158. The lowest BCUT2D eigenvalue weighted by Crippen LogP contribution is -2.51. The molecule has 1 aromatic rings. The zero-order valence-corrected chi connectivity index (χ0v) is 14.3. The van der Waals surface area contributed by atoms with Crippen LogP contribution in [0.4, 0.5) is 0 Å². The van der Waals surface area contributed by atoms with Crippen molar-refractivity contribution in [1.82, 2.24) is 9.21 Å². The van der Waals surface area contributed by atoms with Gasteiger partial charge in [0.15, 0.2) is 0 Å². The van der Waals surface area contributed by atoms with E-state index >= 15 is 0 Å². The van der Waals surface area contributed by atoms with Crippen LogP contribution in [0.15, 0.2) is 17.0 Å². The van der Waals surface area contributed by atoms with E-state index in [9.17, 15) is 8.42 Å². The van der Waals surface area contributed by atoms with Crippen LogP contribution in [-0.4, -0.2) is 49.8 Å². The van der Waals surface area contributed by atoms with Gasteiger partial charge in [-0.2, -0.15) is 4.31 Å². The number of halogens is 3. The van der Waals surface area contributed by atoms with Gasteiger partial charge in [0.2, 0.25) is 10.0 Å². The summed E-state index contributed by atoms with van der Waals surface area (Å²) in [5.41, 5.74) is 0. The average Bonchev–Trinajstić information content (AvgIpc) is 2.90. The summed E-state index contributed by atoms with van der Waals surface area (Å²) in [6.45, 7) is 2.82. The monoisotopic (exact) mass is 368 g/mol. The van der Waals surface area contributed by atoms with Gasteiger partial charge >= 0.3 is 0 Å². The number of piperazine rings is 1. The van der Waals surface area contributed by atoms with Gasteiger partial charge in [0.1, 0.15) is 4.90 Å². The highest BCUT2D eigenvalue weighted by molar-refractivity contribution is 7.89. The Kier molecular flexibility index (Phi) is 4.43. The molecule has 3 rings (SSSR count). The second kappa shape index (κ2) is 5.87. The number of benzene rings is 1. The van der Waals surface area contributed by atoms with Crippen molar-refractivity contribution in [3.05, 3.63) is 27.2 Å². The fourth-order valence-electron chi connectivity index (χ4n) is 3.02. The van der Waals surface area contributed by atoms with Gasteiger partial charge in [0, 0.05) is 25.7 Å². The highest BCUT2D eigenvalue weighted by atomic mass is 35.5. The molecule has 2 saturated heterocycles.